The molecule has 0 aliphatic rings. The van der Waals surface area contributed by atoms with E-state index >= 15 is 0 Å². The van der Waals surface area contributed by atoms with Crippen molar-refractivity contribution < 1.29 is 4.39 Å². The Morgan fingerprint density at radius 2 is 2.31 bits per heavy atom. The van der Waals surface area contributed by atoms with E-state index in [4.69, 9.17) is 0 Å². The summed E-state index contributed by atoms with van der Waals surface area (Å²) in [6.07, 6.45) is 5.05. The normalized spacial score (nSPS) is 10.6. The van der Waals surface area contributed by atoms with Gasteiger partial charge in [-0.15, -0.1) is 0 Å². The lowest BCUT2D eigenvalue weighted by atomic mass is 10.4. The molecule has 2 nitrogen and oxygen atoms in total. The van der Waals surface area contributed by atoms with Gasteiger partial charge in [0.1, 0.15) is 5.82 Å². The van der Waals surface area contributed by atoms with Crippen LogP contribution in [0.3, 0.4) is 0 Å². The van der Waals surface area contributed by atoms with Crippen molar-refractivity contribution in [3.05, 3.63) is 36.3 Å². The summed E-state index contributed by atoms with van der Waals surface area (Å²) in [5, 5.41) is 2.98. The maximum absolute atomic E-state index is 12.6. The molecule has 0 aliphatic heterocycles. The van der Waals surface area contributed by atoms with E-state index in [1.165, 1.54) is 6.07 Å². The number of rotatable bonds is 4. The Labute approximate surface area is 77.5 Å². The summed E-state index contributed by atoms with van der Waals surface area (Å²) < 4.78 is 12.6. The Morgan fingerprint density at radius 3 is 3.00 bits per heavy atom. The highest BCUT2D eigenvalue weighted by atomic mass is 19.1. The maximum atomic E-state index is 12.6. The van der Waals surface area contributed by atoms with Crippen LogP contribution in [-0.4, -0.2) is 11.5 Å². The SMILES string of the molecule is CC/C=C/CNc1cccc(F)n1. The molecule has 0 radical (unpaired) electrons. The molecule has 13 heavy (non-hydrogen) atoms. The van der Waals surface area contributed by atoms with Crippen molar-refractivity contribution in [3.8, 4) is 0 Å². The van der Waals surface area contributed by atoms with Gasteiger partial charge in [0, 0.05) is 6.54 Å². The molecule has 0 aromatic carbocycles. The quantitative estimate of drug-likeness (QED) is 0.569. The van der Waals surface area contributed by atoms with Crippen molar-refractivity contribution in [3.63, 3.8) is 0 Å². The molecule has 1 aromatic heterocycles. The Hall–Kier alpha value is -1.38. The first kappa shape index (κ1) is 9.71. The monoisotopic (exact) mass is 180 g/mol. The van der Waals surface area contributed by atoms with Gasteiger partial charge in [-0.3, -0.25) is 0 Å². The summed E-state index contributed by atoms with van der Waals surface area (Å²) in [4.78, 5) is 3.66. The third-order valence-electron chi connectivity index (χ3n) is 1.52. The van der Waals surface area contributed by atoms with Crippen LogP contribution in [0.5, 0.6) is 0 Å². The molecule has 1 rings (SSSR count). The van der Waals surface area contributed by atoms with Crippen molar-refractivity contribution >= 4 is 5.82 Å². The van der Waals surface area contributed by atoms with Gasteiger partial charge in [-0.25, -0.2) is 4.98 Å². The van der Waals surface area contributed by atoms with Gasteiger partial charge in [0.2, 0.25) is 5.95 Å². The fourth-order valence-electron chi connectivity index (χ4n) is 0.920. The zero-order valence-corrected chi connectivity index (χ0v) is 7.63. The van der Waals surface area contributed by atoms with E-state index < -0.39 is 5.95 Å². The smallest absolute Gasteiger partial charge is 0.214 e. The van der Waals surface area contributed by atoms with Crippen LogP contribution in [0.4, 0.5) is 10.2 Å². The summed E-state index contributed by atoms with van der Waals surface area (Å²) >= 11 is 0. The van der Waals surface area contributed by atoms with Crippen LogP contribution in [0.2, 0.25) is 0 Å². The van der Waals surface area contributed by atoms with Crippen molar-refractivity contribution in [1.82, 2.24) is 4.98 Å². The third-order valence-corrected chi connectivity index (χ3v) is 1.52. The summed E-state index contributed by atoms with van der Waals surface area (Å²) in [7, 11) is 0. The van der Waals surface area contributed by atoms with Crippen LogP contribution in [-0.2, 0) is 0 Å². The first-order valence-electron chi connectivity index (χ1n) is 4.34. The second-order valence-corrected chi connectivity index (χ2v) is 2.61. The largest absolute Gasteiger partial charge is 0.367 e. The zero-order chi connectivity index (χ0) is 9.52. The van der Waals surface area contributed by atoms with Gasteiger partial charge in [-0.2, -0.15) is 4.39 Å². The van der Waals surface area contributed by atoms with Gasteiger partial charge in [0.05, 0.1) is 0 Å². The van der Waals surface area contributed by atoms with Crippen molar-refractivity contribution in [2.75, 3.05) is 11.9 Å². The molecule has 0 saturated heterocycles. The molecule has 1 N–H and O–H groups in total. The van der Waals surface area contributed by atoms with Crippen molar-refractivity contribution in [1.29, 1.82) is 0 Å². The lowest BCUT2D eigenvalue weighted by molar-refractivity contribution is 0.585. The molecule has 1 aromatic rings. The summed E-state index contributed by atoms with van der Waals surface area (Å²) in [6, 6.07) is 4.70. The molecule has 0 atom stereocenters. The fraction of sp³-hybridized carbons (Fsp3) is 0.300. The van der Waals surface area contributed by atoms with Crippen LogP contribution < -0.4 is 5.32 Å². The molecule has 70 valence electrons. The highest BCUT2D eigenvalue weighted by molar-refractivity contribution is 5.34. The number of hydrogen-bond acceptors (Lipinski definition) is 2. The van der Waals surface area contributed by atoms with Crippen LogP contribution >= 0.6 is 0 Å². The molecule has 0 saturated carbocycles. The van der Waals surface area contributed by atoms with E-state index in [-0.39, 0.29) is 0 Å². The molecule has 0 spiro atoms. The van der Waals surface area contributed by atoms with Gasteiger partial charge < -0.3 is 5.32 Å². The number of nitrogens with one attached hydrogen (secondary N) is 1. The predicted octanol–water partition coefficient (Wildman–Crippen LogP) is 2.60. The number of allylic oxidation sites excluding steroid dienone is 1. The lowest BCUT2D eigenvalue weighted by Gasteiger charge is -2.00. The van der Waals surface area contributed by atoms with Crippen molar-refractivity contribution in [2.45, 2.75) is 13.3 Å². The topological polar surface area (TPSA) is 24.9 Å². The molecule has 0 unspecified atom stereocenters. The average molecular weight is 180 g/mol. The van der Waals surface area contributed by atoms with E-state index in [2.05, 4.69) is 17.2 Å². The minimum absolute atomic E-state index is 0.454. The highest BCUT2D eigenvalue weighted by Crippen LogP contribution is 2.02. The van der Waals surface area contributed by atoms with Crippen LogP contribution in [0.25, 0.3) is 0 Å². The molecular formula is C10H13FN2. The molecule has 1 heterocycles. The minimum atomic E-state index is -0.454. The standard InChI is InChI=1S/C10H13FN2/c1-2-3-4-8-12-10-7-5-6-9(11)13-10/h3-7H,2,8H2,1H3,(H,12,13)/b4-3+. The second-order valence-electron chi connectivity index (χ2n) is 2.61. The molecule has 0 fully saturated rings. The van der Waals surface area contributed by atoms with Gasteiger partial charge in [0.15, 0.2) is 0 Å². The zero-order valence-electron chi connectivity index (χ0n) is 7.63. The number of nitrogens with zero attached hydrogens (tertiary/aromatic N) is 1. The third kappa shape index (κ3) is 3.69. The van der Waals surface area contributed by atoms with Gasteiger partial charge in [0.25, 0.3) is 0 Å². The molecule has 3 heteroatoms. The molecule has 0 bridgehead atoms. The van der Waals surface area contributed by atoms with E-state index in [1.54, 1.807) is 12.1 Å². The maximum Gasteiger partial charge on any atom is 0.214 e. The number of anilines is 1. The molecular weight excluding hydrogens is 167 g/mol. The summed E-state index contributed by atoms with van der Waals surface area (Å²) in [5.74, 6) is 0.116. The number of aromatic nitrogens is 1. The predicted molar refractivity (Wildman–Crippen MR) is 52.1 cm³/mol. The summed E-state index contributed by atoms with van der Waals surface area (Å²) in [6.45, 7) is 2.75. The van der Waals surface area contributed by atoms with E-state index in [0.717, 1.165) is 6.42 Å². The highest BCUT2D eigenvalue weighted by Gasteiger charge is 1.92. The Kier molecular flexibility index (Phi) is 3.96. The van der Waals surface area contributed by atoms with Crippen LogP contribution in [0, 0.1) is 5.95 Å². The lowest BCUT2D eigenvalue weighted by Crippen LogP contribution is -2.00. The van der Waals surface area contributed by atoms with E-state index in [9.17, 15) is 4.39 Å². The second kappa shape index (κ2) is 5.30. The number of hydrogen-bond donors (Lipinski definition) is 1. The van der Waals surface area contributed by atoms with Gasteiger partial charge in [-0.1, -0.05) is 25.1 Å². The first-order valence-corrected chi connectivity index (χ1v) is 4.34. The summed E-state index contributed by atoms with van der Waals surface area (Å²) in [5.41, 5.74) is 0. The minimum Gasteiger partial charge on any atom is -0.367 e. The number of pyridine rings is 1. The Morgan fingerprint density at radius 1 is 1.46 bits per heavy atom. The average Bonchev–Trinajstić information content (AvgIpc) is 2.13. The first-order chi connectivity index (χ1) is 6.33. The van der Waals surface area contributed by atoms with Gasteiger partial charge in [-0.05, 0) is 18.6 Å². The number of halogens is 1. The van der Waals surface area contributed by atoms with E-state index in [1.807, 2.05) is 12.2 Å². The van der Waals surface area contributed by atoms with Gasteiger partial charge >= 0.3 is 0 Å². The van der Waals surface area contributed by atoms with Crippen molar-refractivity contribution in [2.24, 2.45) is 0 Å². The van der Waals surface area contributed by atoms with Crippen LogP contribution in [0.15, 0.2) is 30.4 Å². The van der Waals surface area contributed by atoms with Crippen LogP contribution in [0.1, 0.15) is 13.3 Å². The Bertz CT molecular complexity index is 284. The van der Waals surface area contributed by atoms with E-state index in [0.29, 0.717) is 12.4 Å². The molecule has 0 aliphatic carbocycles. The molecule has 0 amide bonds. The fourth-order valence-corrected chi connectivity index (χ4v) is 0.920. The Balaban J connectivity index is 2.41.